The van der Waals surface area contributed by atoms with E-state index >= 15 is 0 Å². The predicted molar refractivity (Wildman–Crippen MR) is 285 cm³/mol. The van der Waals surface area contributed by atoms with Crippen LogP contribution >= 0.6 is 0 Å². The van der Waals surface area contributed by atoms with Crippen LogP contribution in [0.1, 0.15) is 145 Å². The summed E-state index contributed by atoms with van der Waals surface area (Å²) in [4.78, 5) is 84.1. The third-order valence-corrected chi connectivity index (χ3v) is 15.6. The van der Waals surface area contributed by atoms with E-state index in [1.165, 1.54) is 12.0 Å². The van der Waals surface area contributed by atoms with Gasteiger partial charge in [0.15, 0.2) is 5.78 Å². The molecule has 17 nitrogen and oxygen atoms in total. The van der Waals surface area contributed by atoms with Crippen molar-refractivity contribution in [3.05, 3.63) is 48.1 Å². The Bertz CT molecular complexity index is 1950. The highest BCUT2D eigenvalue weighted by atomic mass is 16.6. The molecule has 75 heavy (non-hydrogen) atoms. The van der Waals surface area contributed by atoms with Crippen molar-refractivity contribution in [3.63, 3.8) is 0 Å². The second kappa shape index (κ2) is 32.7. The number of Topliss-reactive ketones (excluding diaryl/α,β-unsaturated/α-hetero) is 3. The van der Waals surface area contributed by atoms with Crippen molar-refractivity contribution >= 4 is 35.1 Å². The molecule has 0 spiro atoms. The van der Waals surface area contributed by atoms with E-state index in [2.05, 4.69) is 11.9 Å². The van der Waals surface area contributed by atoms with E-state index in [1.54, 1.807) is 53.2 Å². The average molecular weight is 1060 g/mol. The molecule has 2 aliphatic heterocycles. The number of esters is 1. The molecule has 1 unspecified atom stereocenters. The lowest BCUT2D eigenvalue weighted by Gasteiger charge is -2.43. The van der Waals surface area contributed by atoms with Crippen LogP contribution in [-0.2, 0) is 57.2 Å². The number of piperidine rings is 1. The van der Waals surface area contributed by atoms with Gasteiger partial charge in [0.05, 0.1) is 37.6 Å². The number of aliphatic hydroxyl groups is 3. The Morgan fingerprint density at radius 1 is 0.947 bits per heavy atom. The van der Waals surface area contributed by atoms with E-state index in [1.807, 2.05) is 46.8 Å². The molecule has 1 saturated carbocycles. The van der Waals surface area contributed by atoms with E-state index in [4.69, 9.17) is 28.4 Å². The van der Waals surface area contributed by atoms with Gasteiger partial charge in [-0.05, 0) is 120 Å². The fourth-order valence-electron chi connectivity index (χ4n) is 11.0. The Kier molecular flexibility index (Phi) is 28.5. The summed E-state index contributed by atoms with van der Waals surface area (Å²) in [7, 11) is 4.56. The largest absolute Gasteiger partial charge is 0.460 e. The van der Waals surface area contributed by atoms with Crippen LogP contribution < -0.4 is 5.32 Å². The van der Waals surface area contributed by atoms with Crippen molar-refractivity contribution in [2.75, 3.05) is 47.6 Å². The van der Waals surface area contributed by atoms with Crippen LogP contribution in [0, 0.1) is 35.5 Å². The molecule has 4 N–H and O–H groups in total. The molecular weight excluding hydrogens is 965 g/mol. The fourth-order valence-corrected chi connectivity index (χ4v) is 11.0. The molecule has 0 radical (unpaired) electrons. The number of likely N-dealkylation sites (tertiary alicyclic amines) is 1. The second-order valence-electron chi connectivity index (χ2n) is 21.6. The van der Waals surface area contributed by atoms with E-state index in [9.17, 15) is 44.1 Å². The number of carbonyl (C=O) groups is 6. The van der Waals surface area contributed by atoms with Crippen molar-refractivity contribution in [3.8, 4) is 0 Å². The number of carbonyl (C=O) groups excluding carboxylic acids is 6. The van der Waals surface area contributed by atoms with Gasteiger partial charge in [-0.1, -0.05) is 71.6 Å². The summed E-state index contributed by atoms with van der Waals surface area (Å²) in [6.45, 7) is 18.7. The van der Waals surface area contributed by atoms with E-state index in [0.29, 0.717) is 63.4 Å². The molecule has 0 aromatic rings. The summed E-state index contributed by atoms with van der Waals surface area (Å²) < 4.78 is 35.9. The smallest absolute Gasteiger partial charge is 0.329 e. The lowest BCUT2D eigenvalue weighted by molar-refractivity contribution is -0.266. The van der Waals surface area contributed by atoms with Crippen molar-refractivity contribution in [1.82, 2.24) is 10.2 Å². The van der Waals surface area contributed by atoms with Gasteiger partial charge in [0.2, 0.25) is 11.7 Å². The number of hydrogen-bond donors (Lipinski definition) is 4. The first-order valence-corrected chi connectivity index (χ1v) is 27.5. The zero-order valence-corrected chi connectivity index (χ0v) is 47.1. The summed E-state index contributed by atoms with van der Waals surface area (Å²) in [6.07, 6.45) is 10.1. The zero-order chi connectivity index (χ0) is 56.0. The third-order valence-electron chi connectivity index (χ3n) is 15.6. The number of ketones is 3. The number of nitrogens with zero attached hydrogens (tertiary/aromatic N) is 1. The average Bonchev–Trinajstić information content (AvgIpc) is 3.39. The predicted octanol–water partition coefficient (Wildman–Crippen LogP) is 6.73. The fraction of sp³-hybridized carbons (Fsp3) is 0.759. The Morgan fingerprint density at radius 2 is 1.67 bits per heavy atom. The number of amides is 2. The number of nitrogens with one attached hydrogen (secondary N) is 1. The maximum atomic E-state index is 14.6. The molecule has 3 rings (SSSR count). The monoisotopic (exact) mass is 1060 g/mol. The number of aliphatic hydroxyl groups excluding tert-OH is 2. The van der Waals surface area contributed by atoms with Crippen LogP contribution in [0.15, 0.2) is 48.1 Å². The molecule has 2 heterocycles. The first kappa shape index (κ1) is 65.3. The SMILES string of the molecule is C=C/C=C(\C)C(C[C@@H]1CC[C@@H](C)[C@](O)(C(=O)C(=O)N2CCCC[C@H]2C(=O)O[C@@H](CC(=O)[C@H](C)/C=C(\C)[C@@H](O)[C@@H](OC)C(=O)[C@H](C)C[C@H](C)/C=C/C)[C@H](C)C[C@@H]2CC[C@@H](OCCO)[C@H](OC)C2)O1)OCCCC(=O)NC. The van der Waals surface area contributed by atoms with Gasteiger partial charge in [-0.2, -0.15) is 0 Å². The van der Waals surface area contributed by atoms with Crippen molar-refractivity contribution in [2.24, 2.45) is 35.5 Å². The highest BCUT2D eigenvalue weighted by Gasteiger charge is 2.53. The van der Waals surface area contributed by atoms with Gasteiger partial charge in [0.1, 0.15) is 30.1 Å². The number of methoxy groups -OCH3 is 2. The molecular formula is C58H94N2O15. The summed E-state index contributed by atoms with van der Waals surface area (Å²) >= 11 is 0. The van der Waals surface area contributed by atoms with Gasteiger partial charge in [0, 0.05) is 71.4 Å². The van der Waals surface area contributed by atoms with Crippen LogP contribution in [0.5, 0.6) is 0 Å². The molecule has 2 saturated heterocycles. The van der Waals surface area contributed by atoms with Gasteiger partial charge in [-0.15, -0.1) is 0 Å². The molecule has 17 heteroatoms. The number of ether oxygens (including phenoxy) is 6. The highest BCUT2D eigenvalue weighted by molar-refractivity contribution is 6.39. The molecule has 2 amide bonds. The van der Waals surface area contributed by atoms with Gasteiger partial charge < -0.3 is 54.0 Å². The van der Waals surface area contributed by atoms with Gasteiger partial charge in [-0.25, -0.2) is 4.79 Å². The summed E-state index contributed by atoms with van der Waals surface area (Å²) in [5, 5.41) is 35.4. The van der Waals surface area contributed by atoms with Gasteiger partial charge in [-0.3, -0.25) is 24.0 Å². The maximum absolute atomic E-state index is 14.6. The molecule has 1 aliphatic carbocycles. The molecule has 0 aromatic heterocycles. The van der Waals surface area contributed by atoms with E-state index in [-0.39, 0.29) is 99.5 Å². The number of allylic oxidation sites excluding steroid dienone is 5. The van der Waals surface area contributed by atoms with Crippen LogP contribution in [0.25, 0.3) is 0 Å². The molecule has 15 atom stereocenters. The van der Waals surface area contributed by atoms with Crippen LogP contribution in [0.2, 0.25) is 0 Å². The van der Waals surface area contributed by atoms with Gasteiger partial charge >= 0.3 is 5.97 Å². The van der Waals surface area contributed by atoms with E-state index in [0.717, 1.165) is 12.0 Å². The maximum Gasteiger partial charge on any atom is 0.329 e. The van der Waals surface area contributed by atoms with E-state index < -0.39 is 77.8 Å². The standard InChI is InChI=1S/C58H94N2O15/c1-13-18-36(3)30-40(7)52(64)54(71-12)53(65)41(8)31-38(5)46(62)35-49(39(6)32-43-23-25-47(73-29-27-61)50(33-43)70-11)74-57(68)45-20-15-16-26-60(45)56(67)55(66)58(69)42(9)22-24-44(75-58)34-48(37(4)19-14-2)72-28-17-21-51(63)59-10/h13-14,18-19,31,36,38-40,42-45,47-50,53-54,61,65,69H,2,15-17,20-30,32-35H2,1,3-12H3,(H,59,63)/b18-13+,37-19+,41-31+/t36-,38-,39-,40-,42-,43+,44+,45+,47-,48?,49+,50-,53-,54+,58-/m1/s1. The normalized spacial score (nSPS) is 27.0. The number of rotatable bonds is 32. The first-order chi connectivity index (χ1) is 35.6. The zero-order valence-electron chi connectivity index (χ0n) is 47.1. The minimum atomic E-state index is -2.49. The minimum absolute atomic E-state index is 0.0525. The lowest BCUT2D eigenvalue weighted by Crippen LogP contribution is -2.61. The van der Waals surface area contributed by atoms with Crippen LogP contribution in [0.3, 0.4) is 0 Å². The molecule has 0 aromatic carbocycles. The highest BCUT2D eigenvalue weighted by Crippen LogP contribution is 2.38. The van der Waals surface area contributed by atoms with Gasteiger partial charge in [0.25, 0.3) is 11.7 Å². The summed E-state index contributed by atoms with van der Waals surface area (Å²) in [5.74, 6) is -8.17. The molecule has 3 aliphatic rings. The topological polar surface area (TPSA) is 234 Å². The Labute approximate surface area is 447 Å². The van der Waals surface area contributed by atoms with Crippen molar-refractivity contribution < 1.29 is 72.5 Å². The molecule has 426 valence electrons. The van der Waals surface area contributed by atoms with Crippen molar-refractivity contribution in [1.29, 1.82) is 0 Å². The third kappa shape index (κ3) is 19.5. The minimum Gasteiger partial charge on any atom is -0.460 e. The van der Waals surface area contributed by atoms with Crippen LogP contribution in [-0.4, -0.2) is 158 Å². The van der Waals surface area contributed by atoms with Crippen molar-refractivity contribution in [2.45, 2.75) is 200 Å². The Balaban J connectivity index is 1.88. The van der Waals surface area contributed by atoms with Crippen LogP contribution in [0.4, 0.5) is 0 Å². The quantitative estimate of drug-likeness (QED) is 0.0180. The molecule has 3 fully saturated rings. The second-order valence-corrected chi connectivity index (χ2v) is 21.6. The Hall–Kier alpha value is -3.94. The summed E-state index contributed by atoms with van der Waals surface area (Å²) in [6, 6.07) is -1.18. The Morgan fingerprint density at radius 3 is 2.31 bits per heavy atom. The molecule has 0 bridgehead atoms. The number of hydrogen-bond acceptors (Lipinski definition) is 15. The lowest BCUT2D eigenvalue weighted by atomic mass is 9.78. The first-order valence-electron chi connectivity index (χ1n) is 27.5. The summed E-state index contributed by atoms with van der Waals surface area (Å²) in [5.41, 5.74) is 1.21.